The van der Waals surface area contributed by atoms with Crippen LogP contribution in [0.1, 0.15) is 5.56 Å². The number of anilines is 2. The summed E-state index contributed by atoms with van der Waals surface area (Å²) in [6.45, 7) is 0.864. The number of nitrogens with zero attached hydrogens (tertiary/aromatic N) is 3. The fourth-order valence-corrected chi connectivity index (χ4v) is 2.99. The molecule has 21 heavy (non-hydrogen) atoms. The van der Waals surface area contributed by atoms with Gasteiger partial charge in [-0.15, -0.1) is 0 Å². The van der Waals surface area contributed by atoms with E-state index in [1.165, 1.54) is 11.9 Å². The minimum absolute atomic E-state index is 0.206. The Balaban J connectivity index is 1.91. The highest BCUT2D eigenvalue weighted by molar-refractivity contribution is 6.31. The van der Waals surface area contributed by atoms with Crippen LogP contribution in [0.15, 0.2) is 42.7 Å². The molecular weight excluding hydrogens is 286 g/mol. The zero-order valence-electron chi connectivity index (χ0n) is 11.1. The molecule has 1 aliphatic heterocycles. The summed E-state index contributed by atoms with van der Waals surface area (Å²) in [5.74, 6) is 1.05. The molecular formula is C16H12ClN3O. The maximum absolute atomic E-state index is 9.59. The highest BCUT2D eigenvalue weighted by atomic mass is 35.5. The van der Waals surface area contributed by atoms with E-state index in [1.807, 2.05) is 18.2 Å². The molecule has 0 saturated heterocycles. The highest BCUT2D eigenvalue weighted by Crippen LogP contribution is 2.38. The molecule has 0 fully saturated rings. The molecule has 0 spiro atoms. The first-order valence-corrected chi connectivity index (χ1v) is 7.10. The van der Waals surface area contributed by atoms with E-state index in [0.29, 0.717) is 0 Å². The van der Waals surface area contributed by atoms with E-state index in [2.05, 4.69) is 20.9 Å². The molecule has 2 heterocycles. The molecule has 4 nitrogen and oxygen atoms in total. The van der Waals surface area contributed by atoms with Gasteiger partial charge < -0.3 is 10.0 Å². The molecule has 1 N–H and O–H groups in total. The molecule has 0 amide bonds. The zero-order valence-corrected chi connectivity index (χ0v) is 11.9. The van der Waals surface area contributed by atoms with E-state index in [-0.39, 0.29) is 5.75 Å². The first-order valence-electron chi connectivity index (χ1n) is 6.72. The van der Waals surface area contributed by atoms with E-state index in [0.717, 1.165) is 40.4 Å². The van der Waals surface area contributed by atoms with Crippen molar-refractivity contribution in [1.29, 1.82) is 0 Å². The van der Waals surface area contributed by atoms with E-state index in [4.69, 9.17) is 11.6 Å². The number of fused-ring (bicyclic) bond motifs is 2. The molecule has 0 radical (unpaired) electrons. The Labute approximate surface area is 126 Å². The molecule has 0 unspecified atom stereocenters. The van der Waals surface area contributed by atoms with Gasteiger partial charge in [0.25, 0.3) is 0 Å². The van der Waals surface area contributed by atoms with Crippen LogP contribution in [0.3, 0.4) is 0 Å². The Morgan fingerprint density at radius 3 is 2.90 bits per heavy atom. The largest absolute Gasteiger partial charge is 0.508 e. The molecule has 0 bridgehead atoms. The van der Waals surface area contributed by atoms with Gasteiger partial charge in [-0.25, -0.2) is 9.97 Å². The summed E-state index contributed by atoms with van der Waals surface area (Å²) in [5, 5.41) is 11.2. The number of hydrogen-bond donors (Lipinski definition) is 1. The van der Waals surface area contributed by atoms with Crippen LogP contribution in [0.2, 0.25) is 5.02 Å². The number of hydrogen-bond acceptors (Lipinski definition) is 4. The van der Waals surface area contributed by atoms with Crippen LogP contribution in [0.5, 0.6) is 5.75 Å². The van der Waals surface area contributed by atoms with Gasteiger partial charge in [-0.2, -0.15) is 0 Å². The molecule has 0 saturated carbocycles. The summed E-state index contributed by atoms with van der Waals surface area (Å²) in [4.78, 5) is 10.8. The molecule has 1 aromatic heterocycles. The predicted octanol–water partition coefficient (Wildman–Crippen LogP) is 3.68. The van der Waals surface area contributed by atoms with Gasteiger partial charge in [-0.1, -0.05) is 17.7 Å². The van der Waals surface area contributed by atoms with Crippen molar-refractivity contribution in [2.75, 3.05) is 11.4 Å². The van der Waals surface area contributed by atoms with E-state index in [1.54, 1.807) is 12.1 Å². The van der Waals surface area contributed by atoms with Crippen LogP contribution in [0, 0.1) is 0 Å². The Bertz CT molecular complexity index is 850. The van der Waals surface area contributed by atoms with Gasteiger partial charge >= 0.3 is 0 Å². The second-order valence-corrected chi connectivity index (χ2v) is 5.51. The lowest BCUT2D eigenvalue weighted by molar-refractivity contribution is 0.476. The third-order valence-corrected chi connectivity index (χ3v) is 4.03. The standard InChI is InChI=1S/C16H12ClN3O/c17-11-2-1-10-5-6-20(15(10)7-11)16-13-4-3-12(21)8-14(13)18-9-19-16/h1-4,7-9,21H,5-6H2. The van der Waals surface area contributed by atoms with Crippen molar-refractivity contribution in [1.82, 2.24) is 9.97 Å². The summed E-state index contributed by atoms with van der Waals surface area (Å²) < 4.78 is 0. The van der Waals surface area contributed by atoms with Crippen molar-refractivity contribution >= 4 is 34.0 Å². The summed E-state index contributed by atoms with van der Waals surface area (Å²) >= 11 is 6.12. The third-order valence-electron chi connectivity index (χ3n) is 3.80. The van der Waals surface area contributed by atoms with Crippen molar-refractivity contribution < 1.29 is 5.11 Å². The SMILES string of the molecule is Oc1ccc2c(N3CCc4ccc(Cl)cc43)ncnc2c1. The lowest BCUT2D eigenvalue weighted by atomic mass is 10.1. The number of aromatic nitrogens is 2. The number of phenols is 1. The van der Waals surface area contributed by atoms with E-state index < -0.39 is 0 Å². The molecule has 0 atom stereocenters. The minimum Gasteiger partial charge on any atom is -0.508 e. The van der Waals surface area contributed by atoms with Crippen molar-refractivity contribution in [3.8, 4) is 5.75 Å². The monoisotopic (exact) mass is 297 g/mol. The predicted molar refractivity (Wildman–Crippen MR) is 83.4 cm³/mol. The number of aromatic hydroxyl groups is 1. The van der Waals surface area contributed by atoms with E-state index in [9.17, 15) is 5.11 Å². The van der Waals surface area contributed by atoms with E-state index >= 15 is 0 Å². The second kappa shape index (κ2) is 4.60. The van der Waals surface area contributed by atoms with Gasteiger partial charge in [0.2, 0.25) is 0 Å². The van der Waals surface area contributed by atoms with Crippen LogP contribution in [0.4, 0.5) is 11.5 Å². The van der Waals surface area contributed by atoms with Gasteiger partial charge in [0.1, 0.15) is 17.9 Å². The fourth-order valence-electron chi connectivity index (χ4n) is 2.82. The molecule has 104 valence electrons. The van der Waals surface area contributed by atoms with Crippen molar-refractivity contribution in [3.63, 3.8) is 0 Å². The number of phenolic OH excluding ortho intramolecular Hbond substituents is 1. The summed E-state index contributed by atoms with van der Waals surface area (Å²) in [7, 11) is 0. The first kappa shape index (κ1) is 12.4. The Morgan fingerprint density at radius 2 is 2.00 bits per heavy atom. The number of benzene rings is 2. The average molecular weight is 298 g/mol. The van der Waals surface area contributed by atoms with Crippen molar-refractivity contribution in [3.05, 3.63) is 53.3 Å². The van der Waals surface area contributed by atoms with Crippen LogP contribution in [-0.4, -0.2) is 21.6 Å². The third kappa shape index (κ3) is 1.99. The summed E-state index contributed by atoms with van der Waals surface area (Å²) in [6, 6.07) is 11.1. The summed E-state index contributed by atoms with van der Waals surface area (Å²) in [6.07, 6.45) is 2.50. The minimum atomic E-state index is 0.206. The smallest absolute Gasteiger partial charge is 0.144 e. The van der Waals surface area contributed by atoms with Gasteiger partial charge in [-0.3, -0.25) is 0 Å². The maximum Gasteiger partial charge on any atom is 0.144 e. The van der Waals surface area contributed by atoms with Gasteiger partial charge in [0.05, 0.1) is 5.52 Å². The van der Waals surface area contributed by atoms with Crippen LogP contribution < -0.4 is 4.90 Å². The Hall–Kier alpha value is -2.33. The molecule has 5 heteroatoms. The van der Waals surface area contributed by atoms with Gasteiger partial charge in [0.15, 0.2) is 0 Å². The fraction of sp³-hybridized carbons (Fsp3) is 0.125. The lowest BCUT2D eigenvalue weighted by Crippen LogP contribution is -2.15. The highest BCUT2D eigenvalue weighted by Gasteiger charge is 2.23. The van der Waals surface area contributed by atoms with Gasteiger partial charge in [-0.05, 0) is 36.2 Å². The maximum atomic E-state index is 9.59. The zero-order chi connectivity index (χ0) is 14.4. The van der Waals surface area contributed by atoms with Crippen LogP contribution >= 0.6 is 11.6 Å². The number of rotatable bonds is 1. The number of halogens is 1. The molecule has 2 aromatic carbocycles. The van der Waals surface area contributed by atoms with Crippen molar-refractivity contribution in [2.24, 2.45) is 0 Å². The first-order chi connectivity index (χ1) is 10.2. The molecule has 4 rings (SSSR count). The second-order valence-electron chi connectivity index (χ2n) is 5.07. The molecule has 3 aromatic rings. The normalized spacial score (nSPS) is 13.7. The van der Waals surface area contributed by atoms with Crippen molar-refractivity contribution in [2.45, 2.75) is 6.42 Å². The average Bonchev–Trinajstić information content (AvgIpc) is 2.89. The van der Waals surface area contributed by atoms with Crippen LogP contribution in [0.25, 0.3) is 10.9 Å². The molecule has 0 aliphatic carbocycles. The quantitative estimate of drug-likeness (QED) is 0.744. The van der Waals surface area contributed by atoms with Gasteiger partial charge in [0, 0.05) is 28.7 Å². The summed E-state index contributed by atoms with van der Waals surface area (Å²) in [5.41, 5.74) is 3.09. The lowest BCUT2D eigenvalue weighted by Gasteiger charge is -2.20. The molecule has 1 aliphatic rings. The van der Waals surface area contributed by atoms with Crippen LogP contribution in [-0.2, 0) is 6.42 Å². The Morgan fingerprint density at radius 1 is 1.10 bits per heavy atom. The topological polar surface area (TPSA) is 49.2 Å². The Kier molecular flexibility index (Phi) is 2.72.